The maximum absolute atomic E-state index is 13.6. The molecule has 0 aliphatic carbocycles. The van der Waals surface area contributed by atoms with Crippen molar-refractivity contribution in [3.63, 3.8) is 0 Å². The molecule has 0 bridgehead atoms. The van der Waals surface area contributed by atoms with E-state index >= 15 is 0 Å². The molecule has 0 saturated heterocycles. The Morgan fingerprint density at radius 2 is 0.923 bits per heavy atom. The zero-order valence-electron chi connectivity index (χ0n) is 29.8. The first kappa shape index (κ1) is 40.1. The Labute approximate surface area is 300 Å². The Morgan fingerprint density at radius 3 is 1.33 bits per heavy atom. The van der Waals surface area contributed by atoms with Gasteiger partial charge in [0.1, 0.15) is 22.8 Å². The molecular formula is C38H41F2N5O7. The fourth-order valence-corrected chi connectivity index (χ4v) is 4.17. The zero-order valence-corrected chi connectivity index (χ0v) is 29.8. The molecule has 5 amide bonds. The summed E-state index contributed by atoms with van der Waals surface area (Å²) in [5, 5.41) is 13.0. The van der Waals surface area contributed by atoms with Crippen LogP contribution in [0.15, 0.2) is 91.0 Å². The van der Waals surface area contributed by atoms with E-state index in [1.807, 2.05) is 0 Å². The predicted molar refractivity (Wildman–Crippen MR) is 196 cm³/mol. The van der Waals surface area contributed by atoms with Crippen LogP contribution in [0.3, 0.4) is 0 Å². The summed E-state index contributed by atoms with van der Waals surface area (Å²) in [5.41, 5.74) is 1.28. The molecule has 0 unspecified atom stereocenters. The summed E-state index contributed by atoms with van der Waals surface area (Å²) in [6, 6.07) is 22.2. The minimum atomic E-state index is -0.944. The first-order valence-corrected chi connectivity index (χ1v) is 15.9. The molecule has 0 radical (unpaired) electrons. The van der Waals surface area contributed by atoms with Gasteiger partial charge in [-0.25, -0.2) is 18.4 Å². The number of carbonyl (C=O) groups is 5. The van der Waals surface area contributed by atoms with Crippen molar-refractivity contribution in [2.75, 3.05) is 26.6 Å². The molecule has 4 rings (SSSR count). The van der Waals surface area contributed by atoms with Crippen LogP contribution in [0, 0.1) is 11.6 Å². The molecule has 0 aromatic heterocycles. The first-order valence-electron chi connectivity index (χ1n) is 15.9. The van der Waals surface area contributed by atoms with Gasteiger partial charge in [-0.15, -0.1) is 0 Å². The summed E-state index contributed by atoms with van der Waals surface area (Å²) >= 11 is 0. The van der Waals surface area contributed by atoms with E-state index < -0.39 is 40.9 Å². The fourth-order valence-electron chi connectivity index (χ4n) is 4.17. The third-order valence-electron chi connectivity index (χ3n) is 6.23. The standard InChI is InChI=1S/C20H23N3O4.C18H18F2N2O3/c1-13(24)21-17-8-6-5-7-16(17)18(25)22-14-9-11-15(12-10-14)23-19(26)27-20(2,3)4;1-18(2,3)25-17(24)22-13-7-5-12(6-8-13)21-16(23)14-9-4-11(19)10-15(14)20/h5-12H,1-4H3,(H,21,24)(H,22,25)(H,23,26);4-10H,1-3H3,(H,21,23)(H,22,24). The number of hydrogen-bond acceptors (Lipinski definition) is 7. The lowest BCUT2D eigenvalue weighted by molar-refractivity contribution is -0.114. The SMILES string of the molecule is CC(=O)Nc1ccccc1C(=O)Nc1ccc(NC(=O)OC(C)(C)C)cc1.CC(C)(C)OC(=O)Nc1ccc(NC(=O)c2ccc(F)cc2F)cc1. The van der Waals surface area contributed by atoms with E-state index in [4.69, 9.17) is 9.47 Å². The third kappa shape index (κ3) is 13.9. The fraction of sp³-hybridized carbons (Fsp3) is 0.237. The minimum Gasteiger partial charge on any atom is -0.444 e. The van der Waals surface area contributed by atoms with Gasteiger partial charge in [-0.1, -0.05) is 12.1 Å². The lowest BCUT2D eigenvalue weighted by atomic mass is 10.1. The quantitative estimate of drug-likeness (QED) is 0.128. The molecule has 14 heteroatoms. The smallest absolute Gasteiger partial charge is 0.412 e. The van der Waals surface area contributed by atoms with Crippen molar-refractivity contribution < 1.29 is 42.2 Å². The molecule has 0 fully saturated rings. The highest BCUT2D eigenvalue weighted by atomic mass is 19.1. The van der Waals surface area contributed by atoms with Crippen LogP contribution < -0.4 is 26.6 Å². The number of halogens is 2. The molecule has 274 valence electrons. The van der Waals surface area contributed by atoms with Crippen molar-refractivity contribution in [3.8, 4) is 0 Å². The van der Waals surface area contributed by atoms with Crippen LogP contribution in [0.25, 0.3) is 0 Å². The molecular weight excluding hydrogens is 676 g/mol. The van der Waals surface area contributed by atoms with Gasteiger partial charge in [0.2, 0.25) is 5.91 Å². The number of para-hydroxylation sites is 1. The summed E-state index contributed by atoms with van der Waals surface area (Å²) in [5.74, 6) is -3.02. The van der Waals surface area contributed by atoms with Crippen molar-refractivity contribution >= 4 is 58.3 Å². The van der Waals surface area contributed by atoms with E-state index in [0.29, 0.717) is 40.1 Å². The van der Waals surface area contributed by atoms with Crippen molar-refractivity contribution in [3.05, 3.63) is 114 Å². The van der Waals surface area contributed by atoms with Crippen molar-refractivity contribution in [2.45, 2.75) is 59.7 Å². The molecule has 12 nitrogen and oxygen atoms in total. The maximum Gasteiger partial charge on any atom is 0.412 e. The Hall–Kier alpha value is -6.31. The number of benzene rings is 4. The van der Waals surface area contributed by atoms with E-state index in [9.17, 15) is 32.8 Å². The van der Waals surface area contributed by atoms with Crippen LogP contribution in [0.5, 0.6) is 0 Å². The monoisotopic (exact) mass is 717 g/mol. The van der Waals surface area contributed by atoms with Crippen LogP contribution in [0.4, 0.5) is 46.8 Å². The van der Waals surface area contributed by atoms with Crippen LogP contribution in [0.2, 0.25) is 0 Å². The number of ether oxygens (including phenoxy) is 2. The van der Waals surface area contributed by atoms with Crippen LogP contribution in [-0.4, -0.2) is 41.1 Å². The summed E-state index contributed by atoms with van der Waals surface area (Å²) < 4.78 is 36.8. The first-order chi connectivity index (χ1) is 24.3. The van der Waals surface area contributed by atoms with Gasteiger partial charge in [0.05, 0.1) is 16.8 Å². The molecule has 5 N–H and O–H groups in total. The molecule has 0 spiro atoms. The molecule has 4 aromatic carbocycles. The van der Waals surface area contributed by atoms with Gasteiger partial charge in [-0.2, -0.15) is 0 Å². The number of carbonyl (C=O) groups excluding carboxylic acids is 5. The Morgan fingerprint density at radius 1 is 0.519 bits per heavy atom. The second-order valence-electron chi connectivity index (χ2n) is 13.2. The zero-order chi connectivity index (χ0) is 38.6. The minimum absolute atomic E-state index is 0.257. The topological polar surface area (TPSA) is 164 Å². The second kappa shape index (κ2) is 17.6. The molecule has 0 aliphatic rings. The van der Waals surface area contributed by atoms with Crippen molar-refractivity contribution in [1.29, 1.82) is 0 Å². The van der Waals surface area contributed by atoms with E-state index in [1.54, 1.807) is 102 Å². The number of hydrogen-bond donors (Lipinski definition) is 5. The average molecular weight is 718 g/mol. The van der Waals surface area contributed by atoms with Crippen LogP contribution in [-0.2, 0) is 14.3 Å². The van der Waals surface area contributed by atoms with Gasteiger partial charge in [0, 0.05) is 35.7 Å². The van der Waals surface area contributed by atoms with Gasteiger partial charge in [0.15, 0.2) is 0 Å². The summed E-state index contributed by atoms with van der Waals surface area (Å²) in [7, 11) is 0. The molecule has 0 saturated carbocycles. The van der Waals surface area contributed by atoms with E-state index in [2.05, 4.69) is 26.6 Å². The van der Waals surface area contributed by atoms with Gasteiger partial charge >= 0.3 is 12.2 Å². The number of nitrogens with one attached hydrogen (secondary N) is 5. The predicted octanol–water partition coefficient (Wildman–Crippen LogP) is 8.81. The Bertz CT molecular complexity index is 1900. The van der Waals surface area contributed by atoms with E-state index in [1.165, 1.54) is 19.1 Å². The highest BCUT2D eigenvalue weighted by molar-refractivity contribution is 6.10. The highest BCUT2D eigenvalue weighted by Crippen LogP contribution is 2.21. The van der Waals surface area contributed by atoms with Gasteiger partial charge in [0.25, 0.3) is 11.8 Å². The summed E-state index contributed by atoms with van der Waals surface area (Å²) in [6.45, 7) is 12.0. The van der Waals surface area contributed by atoms with E-state index in [-0.39, 0.29) is 17.4 Å². The molecule has 52 heavy (non-hydrogen) atoms. The number of anilines is 5. The van der Waals surface area contributed by atoms with E-state index in [0.717, 1.165) is 12.1 Å². The molecule has 4 aromatic rings. The van der Waals surface area contributed by atoms with Crippen molar-refractivity contribution in [1.82, 2.24) is 0 Å². The summed E-state index contributed by atoms with van der Waals surface area (Å²) in [6.07, 6.45) is -1.15. The van der Waals surface area contributed by atoms with Crippen LogP contribution >= 0.6 is 0 Å². The lowest BCUT2D eigenvalue weighted by Crippen LogP contribution is -2.27. The second-order valence-corrected chi connectivity index (χ2v) is 13.2. The Kier molecular flexibility index (Phi) is 13.6. The average Bonchev–Trinajstić information content (AvgIpc) is 3.01. The van der Waals surface area contributed by atoms with Gasteiger partial charge in [-0.3, -0.25) is 25.0 Å². The largest absolute Gasteiger partial charge is 0.444 e. The number of amides is 5. The highest BCUT2D eigenvalue weighted by Gasteiger charge is 2.18. The molecule has 0 heterocycles. The Balaban J connectivity index is 0.000000281. The maximum atomic E-state index is 13.6. The van der Waals surface area contributed by atoms with Crippen molar-refractivity contribution in [2.24, 2.45) is 0 Å². The lowest BCUT2D eigenvalue weighted by Gasteiger charge is -2.19. The van der Waals surface area contributed by atoms with Gasteiger partial charge < -0.3 is 25.4 Å². The summed E-state index contributed by atoms with van der Waals surface area (Å²) in [4.78, 5) is 59.2. The normalized spacial score (nSPS) is 10.8. The van der Waals surface area contributed by atoms with Crippen LogP contribution in [0.1, 0.15) is 69.2 Å². The molecule has 0 atom stereocenters. The number of rotatable bonds is 7. The third-order valence-corrected chi connectivity index (χ3v) is 6.23. The van der Waals surface area contributed by atoms with Gasteiger partial charge in [-0.05, 0) is 114 Å². The molecule has 0 aliphatic heterocycles.